The molecule has 25 heavy (non-hydrogen) atoms. The first-order chi connectivity index (χ1) is 12.1. The summed E-state index contributed by atoms with van der Waals surface area (Å²) in [7, 11) is 0. The van der Waals surface area contributed by atoms with E-state index in [9.17, 15) is 4.79 Å². The summed E-state index contributed by atoms with van der Waals surface area (Å²) in [6, 6.07) is 0.333. The zero-order chi connectivity index (χ0) is 17.6. The van der Waals surface area contributed by atoms with E-state index < -0.39 is 6.16 Å². The van der Waals surface area contributed by atoms with E-state index in [2.05, 4.69) is 14.9 Å². The Labute approximate surface area is 145 Å². The van der Waals surface area contributed by atoms with Gasteiger partial charge in [-0.3, -0.25) is 4.90 Å². The molecule has 1 saturated heterocycles. The third kappa shape index (κ3) is 2.77. The second kappa shape index (κ2) is 6.31. The molecule has 0 amide bonds. The number of rotatable bonds is 2. The Balaban J connectivity index is 1.88. The molecule has 0 radical (unpaired) electrons. The number of hydrogen-bond donors (Lipinski definition) is 2. The molecule has 2 aliphatic rings. The Morgan fingerprint density at radius 1 is 1.36 bits per heavy atom. The number of aromatic amines is 1. The predicted octanol–water partition coefficient (Wildman–Crippen LogP) is 2.95. The minimum atomic E-state index is -1.33. The molecular formula is C18H23N3O4. The molecule has 0 bridgehead atoms. The highest BCUT2D eigenvalue weighted by atomic mass is 16.7. The highest BCUT2D eigenvalue weighted by molar-refractivity contribution is 5.91. The molecule has 0 aromatic carbocycles. The van der Waals surface area contributed by atoms with Gasteiger partial charge in [0.1, 0.15) is 0 Å². The van der Waals surface area contributed by atoms with E-state index in [-0.39, 0.29) is 5.88 Å². The van der Waals surface area contributed by atoms with Gasteiger partial charge in [-0.1, -0.05) is 0 Å². The smallest absolute Gasteiger partial charge is 0.449 e. The van der Waals surface area contributed by atoms with Crippen LogP contribution in [0.2, 0.25) is 0 Å². The summed E-state index contributed by atoms with van der Waals surface area (Å²) in [4.78, 5) is 21.4. The minimum Gasteiger partial charge on any atom is -0.449 e. The number of ether oxygens (including phenoxy) is 2. The largest absolute Gasteiger partial charge is 0.512 e. The summed E-state index contributed by atoms with van der Waals surface area (Å²) in [6.07, 6.45) is 1.93. The summed E-state index contributed by atoms with van der Waals surface area (Å²) >= 11 is 0. The normalized spacial score (nSPS) is 21.3. The highest BCUT2D eigenvalue weighted by Crippen LogP contribution is 2.42. The number of H-pyrrole nitrogens is 1. The standard InChI is InChI=1S/C18H23N3O4/c1-10-14-15-12(4-3-5-13(15)21-6-8-24-9-7-21)20-16(14)11(2)19-17(10)25-18(22)23/h13,20H,3-9H2,1-2H3,(H,22,23). The monoisotopic (exact) mass is 345 g/mol. The van der Waals surface area contributed by atoms with Crippen molar-refractivity contribution in [2.24, 2.45) is 0 Å². The SMILES string of the molecule is Cc1nc(OC(=O)O)c(C)c2c3c([nH]c12)CCCC3N1CCOCC1. The number of fused-ring (bicyclic) bond motifs is 3. The molecule has 2 aromatic heterocycles. The van der Waals surface area contributed by atoms with Crippen molar-refractivity contribution in [3.63, 3.8) is 0 Å². The van der Waals surface area contributed by atoms with Crippen LogP contribution < -0.4 is 4.74 Å². The highest BCUT2D eigenvalue weighted by Gasteiger charge is 2.32. The van der Waals surface area contributed by atoms with E-state index in [0.717, 1.165) is 67.7 Å². The first-order valence-corrected chi connectivity index (χ1v) is 8.80. The van der Waals surface area contributed by atoms with Crippen molar-refractivity contribution < 1.29 is 19.4 Å². The van der Waals surface area contributed by atoms with Crippen LogP contribution in [0, 0.1) is 13.8 Å². The van der Waals surface area contributed by atoms with Gasteiger partial charge in [0, 0.05) is 35.8 Å². The molecule has 7 nitrogen and oxygen atoms in total. The number of carbonyl (C=O) groups is 1. The molecule has 0 spiro atoms. The van der Waals surface area contributed by atoms with Crippen LogP contribution >= 0.6 is 0 Å². The Kier molecular flexibility index (Phi) is 4.13. The van der Waals surface area contributed by atoms with Gasteiger partial charge in [-0.05, 0) is 38.7 Å². The quantitative estimate of drug-likeness (QED) is 0.814. The maximum absolute atomic E-state index is 11.0. The fourth-order valence-electron chi connectivity index (χ4n) is 4.24. The number of pyridine rings is 1. The van der Waals surface area contributed by atoms with Gasteiger partial charge in [-0.2, -0.15) is 0 Å². The molecule has 3 heterocycles. The van der Waals surface area contributed by atoms with Gasteiger partial charge in [-0.15, -0.1) is 0 Å². The number of nitrogens with zero attached hydrogens (tertiary/aromatic N) is 2. The van der Waals surface area contributed by atoms with Gasteiger partial charge in [0.25, 0.3) is 0 Å². The number of carboxylic acid groups (broad SMARTS) is 1. The Hall–Kier alpha value is -2.12. The third-order valence-electron chi connectivity index (χ3n) is 5.36. The maximum Gasteiger partial charge on any atom is 0.512 e. The van der Waals surface area contributed by atoms with Crippen LogP contribution in [0.1, 0.15) is 41.4 Å². The van der Waals surface area contributed by atoms with Crippen molar-refractivity contribution in [2.45, 2.75) is 39.2 Å². The molecule has 1 unspecified atom stereocenters. The predicted molar refractivity (Wildman–Crippen MR) is 92.3 cm³/mol. The first-order valence-electron chi connectivity index (χ1n) is 8.80. The van der Waals surface area contributed by atoms with Crippen LogP contribution in [0.3, 0.4) is 0 Å². The number of aryl methyl sites for hydroxylation is 3. The van der Waals surface area contributed by atoms with Crippen molar-refractivity contribution in [3.05, 3.63) is 22.5 Å². The average Bonchev–Trinajstić information content (AvgIpc) is 3.00. The molecule has 0 saturated carbocycles. The molecule has 2 aromatic rings. The van der Waals surface area contributed by atoms with E-state index in [1.165, 1.54) is 11.3 Å². The van der Waals surface area contributed by atoms with E-state index in [1.807, 2.05) is 13.8 Å². The van der Waals surface area contributed by atoms with Crippen molar-refractivity contribution in [1.29, 1.82) is 0 Å². The van der Waals surface area contributed by atoms with Crippen LogP contribution in [0.15, 0.2) is 0 Å². The zero-order valence-electron chi connectivity index (χ0n) is 14.6. The molecule has 1 atom stereocenters. The molecule has 1 aliphatic heterocycles. The molecule has 7 heteroatoms. The summed E-state index contributed by atoms with van der Waals surface area (Å²) in [6.45, 7) is 7.17. The number of morpholine rings is 1. The van der Waals surface area contributed by atoms with E-state index >= 15 is 0 Å². The summed E-state index contributed by atoms with van der Waals surface area (Å²) in [5, 5.41) is 10.1. The van der Waals surface area contributed by atoms with Crippen LogP contribution in [-0.4, -0.2) is 52.4 Å². The molecule has 1 fully saturated rings. The molecule has 2 N–H and O–H groups in total. The fourth-order valence-corrected chi connectivity index (χ4v) is 4.24. The second-order valence-electron chi connectivity index (χ2n) is 6.82. The topological polar surface area (TPSA) is 87.7 Å². The zero-order valence-corrected chi connectivity index (χ0v) is 14.6. The van der Waals surface area contributed by atoms with Crippen molar-refractivity contribution in [2.75, 3.05) is 26.3 Å². The number of nitrogens with one attached hydrogen (secondary N) is 1. The van der Waals surface area contributed by atoms with E-state index in [4.69, 9.17) is 14.6 Å². The molecule has 134 valence electrons. The van der Waals surface area contributed by atoms with Gasteiger partial charge in [0.15, 0.2) is 0 Å². The Morgan fingerprint density at radius 3 is 2.84 bits per heavy atom. The average molecular weight is 345 g/mol. The lowest BCUT2D eigenvalue weighted by Gasteiger charge is -2.37. The summed E-state index contributed by atoms with van der Waals surface area (Å²) in [5.41, 5.74) is 5.10. The number of hydrogen-bond acceptors (Lipinski definition) is 5. The summed E-state index contributed by atoms with van der Waals surface area (Å²) < 4.78 is 10.4. The van der Waals surface area contributed by atoms with Gasteiger partial charge in [0.05, 0.1) is 24.4 Å². The van der Waals surface area contributed by atoms with Crippen molar-refractivity contribution in [3.8, 4) is 5.88 Å². The van der Waals surface area contributed by atoms with Gasteiger partial charge < -0.3 is 19.6 Å². The van der Waals surface area contributed by atoms with Crippen LogP contribution in [-0.2, 0) is 11.2 Å². The third-order valence-corrected chi connectivity index (χ3v) is 5.36. The van der Waals surface area contributed by atoms with Crippen LogP contribution in [0.5, 0.6) is 5.88 Å². The maximum atomic E-state index is 11.0. The van der Waals surface area contributed by atoms with E-state index in [0.29, 0.717) is 6.04 Å². The van der Waals surface area contributed by atoms with Crippen molar-refractivity contribution in [1.82, 2.24) is 14.9 Å². The summed E-state index contributed by atoms with van der Waals surface area (Å²) in [5.74, 6) is 0.186. The lowest BCUT2D eigenvalue weighted by Crippen LogP contribution is -2.40. The van der Waals surface area contributed by atoms with Crippen molar-refractivity contribution >= 4 is 17.1 Å². The van der Waals surface area contributed by atoms with E-state index in [1.54, 1.807) is 0 Å². The minimum absolute atomic E-state index is 0.186. The van der Waals surface area contributed by atoms with Gasteiger partial charge >= 0.3 is 6.16 Å². The lowest BCUT2D eigenvalue weighted by atomic mass is 9.88. The molecular weight excluding hydrogens is 322 g/mol. The van der Waals surface area contributed by atoms with Gasteiger partial charge in [-0.25, -0.2) is 9.78 Å². The first kappa shape index (κ1) is 16.4. The molecule has 1 aliphatic carbocycles. The Bertz CT molecular complexity index is 824. The van der Waals surface area contributed by atoms with Gasteiger partial charge in [0.2, 0.25) is 5.88 Å². The van der Waals surface area contributed by atoms with Crippen LogP contribution in [0.25, 0.3) is 10.9 Å². The second-order valence-corrected chi connectivity index (χ2v) is 6.82. The fraction of sp³-hybridized carbons (Fsp3) is 0.556. The lowest BCUT2D eigenvalue weighted by molar-refractivity contribution is 0.0127. The molecule has 4 rings (SSSR count). The van der Waals surface area contributed by atoms with Crippen LogP contribution in [0.4, 0.5) is 4.79 Å². The Morgan fingerprint density at radius 2 is 2.12 bits per heavy atom. The number of aromatic nitrogens is 2.